The summed E-state index contributed by atoms with van der Waals surface area (Å²) in [5.41, 5.74) is 4.38. The normalized spacial score (nSPS) is 10.9. The lowest BCUT2D eigenvalue weighted by atomic mass is 10.2. The number of carbonyl (C=O) groups is 2. The van der Waals surface area contributed by atoms with E-state index < -0.39 is 5.97 Å². The van der Waals surface area contributed by atoms with Gasteiger partial charge < -0.3 is 10.4 Å². The maximum Gasteiger partial charge on any atom is 0.304 e. The molecule has 0 aliphatic rings. The third-order valence-electron chi connectivity index (χ3n) is 3.96. The van der Waals surface area contributed by atoms with Gasteiger partial charge in [-0.3, -0.25) is 14.5 Å². The van der Waals surface area contributed by atoms with Gasteiger partial charge in [0.2, 0.25) is 5.91 Å². The molecular formula is C18H24N4O3. The van der Waals surface area contributed by atoms with E-state index in [1.54, 1.807) is 16.6 Å². The fourth-order valence-electron chi connectivity index (χ4n) is 2.55. The molecule has 0 atom stereocenters. The predicted molar refractivity (Wildman–Crippen MR) is 96.2 cm³/mol. The van der Waals surface area contributed by atoms with E-state index in [-0.39, 0.29) is 18.9 Å². The van der Waals surface area contributed by atoms with E-state index in [4.69, 9.17) is 5.11 Å². The summed E-state index contributed by atoms with van der Waals surface area (Å²) >= 11 is 0. The Labute approximate surface area is 147 Å². The van der Waals surface area contributed by atoms with Crippen LogP contribution in [0.25, 0.3) is 5.69 Å². The van der Waals surface area contributed by atoms with Crippen molar-refractivity contribution in [2.24, 2.45) is 0 Å². The van der Waals surface area contributed by atoms with Crippen molar-refractivity contribution in [1.82, 2.24) is 14.7 Å². The molecule has 0 saturated heterocycles. The van der Waals surface area contributed by atoms with Crippen molar-refractivity contribution in [1.29, 1.82) is 0 Å². The highest BCUT2D eigenvalue weighted by Gasteiger charge is 2.16. The number of carboxylic acids is 1. The molecule has 0 fully saturated rings. The number of benzene rings is 1. The van der Waals surface area contributed by atoms with Crippen LogP contribution in [-0.2, 0) is 9.59 Å². The van der Waals surface area contributed by atoms with Crippen molar-refractivity contribution in [3.63, 3.8) is 0 Å². The summed E-state index contributed by atoms with van der Waals surface area (Å²) in [5.74, 6) is -1.07. The maximum absolute atomic E-state index is 12.2. The fraction of sp³-hybridized carbons (Fsp3) is 0.389. The summed E-state index contributed by atoms with van der Waals surface area (Å²) in [6, 6.07) is 8.00. The molecule has 0 bridgehead atoms. The van der Waals surface area contributed by atoms with E-state index in [1.165, 1.54) is 5.56 Å². The van der Waals surface area contributed by atoms with E-state index in [0.717, 1.165) is 17.1 Å². The largest absolute Gasteiger partial charge is 0.481 e. The second kappa shape index (κ2) is 7.94. The number of anilines is 1. The zero-order valence-corrected chi connectivity index (χ0v) is 15.0. The van der Waals surface area contributed by atoms with Crippen molar-refractivity contribution < 1.29 is 14.7 Å². The Hall–Kier alpha value is -2.67. The van der Waals surface area contributed by atoms with Crippen LogP contribution in [0.2, 0.25) is 0 Å². The van der Waals surface area contributed by atoms with Gasteiger partial charge in [-0.2, -0.15) is 5.10 Å². The van der Waals surface area contributed by atoms with Crippen molar-refractivity contribution in [3.8, 4) is 5.69 Å². The molecule has 1 amide bonds. The van der Waals surface area contributed by atoms with Crippen molar-refractivity contribution >= 4 is 17.6 Å². The highest BCUT2D eigenvalue weighted by Crippen LogP contribution is 2.23. The molecule has 7 nitrogen and oxygen atoms in total. The zero-order chi connectivity index (χ0) is 18.6. The number of hydrogen-bond donors (Lipinski definition) is 2. The molecule has 7 heteroatoms. The van der Waals surface area contributed by atoms with Crippen LogP contribution in [0, 0.1) is 20.8 Å². The smallest absolute Gasteiger partial charge is 0.304 e. The van der Waals surface area contributed by atoms with Gasteiger partial charge in [0.1, 0.15) is 0 Å². The van der Waals surface area contributed by atoms with E-state index in [1.807, 2.05) is 45.0 Å². The molecule has 0 aliphatic heterocycles. The molecule has 1 aromatic carbocycles. The van der Waals surface area contributed by atoms with Crippen LogP contribution < -0.4 is 5.32 Å². The van der Waals surface area contributed by atoms with Crippen molar-refractivity contribution in [2.75, 3.05) is 25.5 Å². The summed E-state index contributed by atoms with van der Waals surface area (Å²) in [7, 11) is 1.72. The van der Waals surface area contributed by atoms with Crippen LogP contribution in [0.1, 0.15) is 23.4 Å². The van der Waals surface area contributed by atoms with Gasteiger partial charge in [0.15, 0.2) is 0 Å². The number of nitrogens with one attached hydrogen (secondary N) is 1. The average molecular weight is 344 g/mol. The Morgan fingerprint density at radius 1 is 1.20 bits per heavy atom. The molecule has 1 heterocycles. The first-order valence-corrected chi connectivity index (χ1v) is 8.11. The number of nitrogens with zero attached hydrogens (tertiary/aromatic N) is 3. The van der Waals surface area contributed by atoms with Crippen molar-refractivity contribution in [2.45, 2.75) is 27.2 Å². The topological polar surface area (TPSA) is 87.5 Å². The van der Waals surface area contributed by atoms with Crippen LogP contribution in [-0.4, -0.2) is 51.8 Å². The van der Waals surface area contributed by atoms with E-state index >= 15 is 0 Å². The summed E-state index contributed by atoms with van der Waals surface area (Å²) < 4.78 is 1.80. The van der Waals surface area contributed by atoms with Gasteiger partial charge in [0.25, 0.3) is 0 Å². The van der Waals surface area contributed by atoms with Crippen LogP contribution in [0.4, 0.5) is 5.69 Å². The lowest BCUT2D eigenvalue weighted by molar-refractivity contribution is -0.137. The Kier molecular flexibility index (Phi) is 5.93. The Morgan fingerprint density at radius 2 is 1.84 bits per heavy atom. The molecule has 0 saturated carbocycles. The van der Waals surface area contributed by atoms with Gasteiger partial charge in [0.05, 0.1) is 35.7 Å². The number of carbonyl (C=O) groups excluding carboxylic acids is 1. The first kappa shape index (κ1) is 18.7. The zero-order valence-electron chi connectivity index (χ0n) is 15.0. The predicted octanol–water partition coefficient (Wildman–Crippen LogP) is 2.14. The highest BCUT2D eigenvalue weighted by molar-refractivity contribution is 5.93. The minimum Gasteiger partial charge on any atom is -0.481 e. The lowest BCUT2D eigenvalue weighted by Crippen LogP contribution is -2.32. The molecule has 25 heavy (non-hydrogen) atoms. The number of aromatic nitrogens is 2. The molecular weight excluding hydrogens is 320 g/mol. The highest BCUT2D eigenvalue weighted by atomic mass is 16.4. The fourth-order valence-corrected chi connectivity index (χ4v) is 2.55. The quantitative estimate of drug-likeness (QED) is 0.803. The monoisotopic (exact) mass is 344 g/mol. The molecule has 0 aliphatic carbocycles. The summed E-state index contributed by atoms with van der Waals surface area (Å²) in [4.78, 5) is 24.5. The molecule has 2 N–H and O–H groups in total. The maximum atomic E-state index is 12.2. The molecule has 2 aromatic rings. The van der Waals surface area contributed by atoms with Crippen molar-refractivity contribution in [3.05, 3.63) is 41.2 Å². The van der Waals surface area contributed by atoms with Crippen LogP contribution in [0.15, 0.2) is 24.3 Å². The van der Waals surface area contributed by atoms with E-state index in [0.29, 0.717) is 12.2 Å². The Morgan fingerprint density at radius 3 is 2.44 bits per heavy atom. The number of aliphatic carboxylic acids is 1. The Bertz CT molecular complexity index is 765. The van der Waals surface area contributed by atoms with E-state index in [2.05, 4.69) is 10.4 Å². The molecule has 134 valence electrons. The van der Waals surface area contributed by atoms with Gasteiger partial charge in [-0.05, 0) is 40.0 Å². The van der Waals surface area contributed by atoms with Gasteiger partial charge in [-0.15, -0.1) is 0 Å². The summed E-state index contributed by atoms with van der Waals surface area (Å²) in [6.45, 7) is 6.23. The van der Waals surface area contributed by atoms with Gasteiger partial charge in [-0.1, -0.05) is 17.7 Å². The second-order valence-electron chi connectivity index (χ2n) is 6.22. The van der Waals surface area contributed by atoms with Crippen LogP contribution >= 0.6 is 0 Å². The second-order valence-corrected chi connectivity index (χ2v) is 6.22. The number of hydrogen-bond acceptors (Lipinski definition) is 4. The number of carboxylic acid groups (broad SMARTS) is 1. The molecule has 0 radical (unpaired) electrons. The number of likely N-dealkylation sites (N-methyl/N-ethyl adjacent to an activating group) is 1. The average Bonchev–Trinajstić information content (AvgIpc) is 2.82. The first-order chi connectivity index (χ1) is 11.8. The van der Waals surface area contributed by atoms with E-state index in [9.17, 15) is 9.59 Å². The SMILES string of the molecule is Cc1ccc(-n2nc(C)c(NC(=O)CN(C)CCC(=O)O)c2C)cc1. The minimum atomic E-state index is -0.877. The standard InChI is InChI=1S/C18H24N4O3/c1-12-5-7-15(8-6-12)22-14(3)18(13(2)20-22)19-16(23)11-21(4)10-9-17(24)25/h5-8H,9-11H2,1-4H3,(H,19,23)(H,24,25). The van der Waals surface area contributed by atoms with Gasteiger partial charge in [-0.25, -0.2) is 4.68 Å². The van der Waals surface area contributed by atoms with Crippen LogP contribution in [0.3, 0.4) is 0 Å². The minimum absolute atomic E-state index is 0.00713. The molecule has 0 spiro atoms. The Balaban J connectivity index is 2.08. The van der Waals surface area contributed by atoms with Gasteiger partial charge >= 0.3 is 5.97 Å². The summed E-state index contributed by atoms with van der Waals surface area (Å²) in [5, 5.41) is 16.1. The number of amides is 1. The first-order valence-electron chi connectivity index (χ1n) is 8.11. The van der Waals surface area contributed by atoms with Crippen LogP contribution in [0.5, 0.6) is 0 Å². The molecule has 2 rings (SSSR count). The summed E-state index contributed by atoms with van der Waals surface area (Å²) in [6.07, 6.45) is 0.00713. The third-order valence-corrected chi connectivity index (χ3v) is 3.96. The number of rotatable bonds is 7. The lowest BCUT2D eigenvalue weighted by Gasteiger charge is -2.15. The number of aryl methyl sites for hydroxylation is 2. The van der Waals surface area contributed by atoms with Gasteiger partial charge in [0, 0.05) is 6.54 Å². The molecule has 1 aromatic heterocycles. The molecule has 0 unspecified atom stereocenters. The third kappa shape index (κ3) is 4.90.